The molecule has 0 saturated carbocycles. The van der Waals surface area contributed by atoms with E-state index in [4.69, 9.17) is 0 Å². The standard InChI is InChI=1S/C16H13N3O9/c20-10-3-1-8(2-4-10)5-12(16(23)24)17-14-11(15(21)22)6-9(18(25)26)7-13(14)19(27)28/h1-4,6-7,12,17,20H,5H2,(H,21,22)(H,23,24). The molecule has 1 unspecified atom stereocenters. The Morgan fingerprint density at radius 1 is 1.04 bits per heavy atom. The summed E-state index contributed by atoms with van der Waals surface area (Å²) in [6.45, 7) is 0. The SMILES string of the molecule is O=C(O)c1cc([N+](=O)[O-])cc([N+](=O)[O-])c1NC(Cc1ccc(O)cc1)C(=O)O. The van der Waals surface area contributed by atoms with Gasteiger partial charge in [0.25, 0.3) is 11.4 Å². The number of phenolic OH excluding ortho intramolecular Hbond substituents is 1. The monoisotopic (exact) mass is 391 g/mol. The fourth-order valence-corrected chi connectivity index (χ4v) is 2.42. The van der Waals surface area contributed by atoms with E-state index >= 15 is 0 Å². The molecule has 146 valence electrons. The Hall–Kier alpha value is -4.22. The van der Waals surface area contributed by atoms with Gasteiger partial charge in [-0.05, 0) is 17.7 Å². The second-order valence-electron chi connectivity index (χ2n) is 5.61. The highest BCUT2D eigenvalue weighted by atomic mass is 16.6. The first-order valence-corrected chi connectivity index (χ1v) is 7.57. The van der Waals surface area contributed by atoms with Crippen molar-refractivity contribution in [1.29, 1.82) is 0 Å². The molecule has 0 heterocycles. The topological polar surface area (TPSA) is 193 Å². The van der Waals surface area contributed by atoms with E-state index < -0.39 is 50.5 Å². The number of hydrogen-bond acceptors (Lipinski definition) is 8. The Bertz CT molecular complexity index is 921. The van der Waals surface area contributed by atoms with Crippen LogP contribution in [0.4, 0.5) is 17.1 Å². The van der Waals surface area contributed by atoms with E-state index in [0.29, 0.717) is 17.7 Å². The van der Waals surface area contributed by atoms with Gasteiger partial charge in [0.1, 0.15) is 17.5 Å². The number of aromatic carboxylic acids is 1. The number of aromatic hydroxyl groups is 1. The summed E-state index contributed by atoms with van der Waals surface area (Å²) in [6.07, 6.45) is -0.206. The molecular formula is C16H13N3O9. The number of carboxylic acid groups (broad SMARTS) is 2. The molecule has 0 radical (unpaired) electrons. The molecule has 2 aromatic rings. The maximum atomic E-state index is 11.6. The summed E-state index contributed by atoms with van der Waals surface area (Å²) in [4.78, 5) is 43.2. The van der Waals surface area contributed by atoms with Crippen molar-refractivity contribution in [2.45, 2.75) is 12.5 Å². The highest BCUT2D eigenvalue weighted by Crippen LogP contribution is 2.34. The van der Waals surface area contributed by atoms with Crippen molar-refractivity contribution >= 4 is 29.0 Å². The van der Waals surface area contributed by atoms with E-state index in [1.54, 1.807) is 0 Å². The molecule has 2 rings (SSSR count). The van der Waals surface area contributed by atoms with Crippen molar-refractivity contribution in [1.82, 2.24) is 0 Å². The zero-order valence-electron chi connectivity index (χ0n) is 13.9. The molecule has 12 nitrogen and oxygen atoms in total. The van der Waals surface area contributed by atoms with Crippen molar-refractivity contribution < 1.29 is 34.8 Å². The van der Waals surface area contributed by atoms with Crippen LogP contribution in [0.5, 0.6) is 5.75 Å². The number of phenols is 1. The van der Waals surface area contributed by atoms with Crippen molar-refractivity contribution in [2.24, 2.45) is 0 Å². The average molecular weight is 391 g/mol. The average Bonchev–Trinajstić information content (AvgIpc) is 2.62. The Morgan fingerprint density at radius 2 is 1.64 bits per heavy atom. The molecule has 12 heteroatoms. The first kappa shape index (κ1) is 20.1. The third-order valence-corrected chi connectivity index (χ3v) is 3.73. The Balaban J connectivity index is 2.52. The number of anilines is 1. The first-order valence-electron chi connectivity index (χ1n) is 7.57. The number of nitro groups is 2. The third-order valence-electron chi connectivity index (χ3n) is 3.73. The van der Waals surface area contributed by atoms with E-state index in [1.165, 1.54) is 24.3 Å². The van der Waals surface area contributed by atoms with Crippen LogP contribution >= 0.6 is 0 Å². The van der Waals surface area contributed by atoms with Crippen molar-refractivity contribution in [2.75, 3.05) is 5.32 Å². The number of nitrogens with zero attached hydrogens (tertiary/aromatic N) is 2. The number of carbonyl (C=O) groups is 2. The molecule has 4 N–H and O–H groups in total. The minimum absolute atomic E-state index is 0.0530. The van der Waals surface area contributed by atoms with Gasteiger partial charge in [0.05, 0.1) is 21.5 Å². The summed E-state index contributed by atoms with van der Waals surface area (Å²) < 4.78 is 0. The molecule has 0 amide bonds. The maximum absolute atomic E-state index is 11.6. The Labute approximate surface area is 156 Å². The summed E-state index contributed by atoms with van der Waals surface area (Å²) in [7, 11) is 0. The lowest BCUT2D eigenvalue weighted by Crippen LogP contribution is -2.32. The molecule has 1 atom stereocenters. The largest absolute Gasteiger partial charge is 0.508 e. The van der Waals surface area contributed by atoms with Crippen LogP contribution < -0.4 is 5.32 Å². The van der Waals surface area contributed by atoms with Gasteiger partial charge in [-0.2, -0.15) is 0 Å². The summed E-state index contributed by atoms with van der Waals surface area (Å²) in [5.74, 6) is -3.19. The van der Waals surface area contributed by atoms with Gasteiger partial charge in [0, 0.05) is 12.5 Å². The van der Waals surface area contributed by atoms with Gasteiger partial charge in [0.2, 0.25) is 0 Å². The number of aliphatic carboxylic acids is 1. The second-order valence-corrected chi connectivity index (χ2v) is 5.61. The minimum atomic E-state index is -1.71. The molecule has 0 fully saturated rings. The van der Waals surface area contributed by atoms with Crippen LogP contribution in [0.25, 0.3) is 0 Å². The van der Waals surface area contributed by atoms with Crippen LogP contribution in [0.3, 0.4) is 0 Å². The van der Waals surface area contributed by atoms with Crippen LogP contribution in [0.15, 0.2) is 36.4 Å². The number of non-ortho nitro benzene ring substituents is 1. The zero-order valence-corrected chi connectivity index (χ0v) is 13.9. The molecule has 0 spiro atoms. The van der Waals surface area contributed by atoms with E-state index in [0.717, 1.165) is 0 Å². The molecule has 0 aliphatic rings. The summed E-state index contributed by atoms with van der Waals surface area (Å²) in [5.41, 5.74) is -2.78. The van der Waals surface area contributed by atoms with Crippen LogP contribution in [0, 0.1) is 20.2 Å². The normalized spacial score (nSPS) is 11.4. The van der Waals surface area contributed by atoms with Crippen LogP contribution in [-0.2, 0) is 11.2 Å². The second kappa shape index (κ2) is 7.99. The molecule has 0 aromatic heterocycles. The lowest BCUT2D eigenvalue weighted by molar-refractivity contribution is -0.393. The lowest BCUT2D eigenvalue weighted by atomic mass is 10.0. The van der Waals surface area contributed by atoms with Crippen molar-refractivity contribution in [3.05, 3.63) is 67.8 Å². The molecule has 28 heavy (non-hydrogen) atoms. The van der Waals surface area contributed by atoms with Gasteiger partial charge < -0.3 is 20.6 Å². The maximum Gasteiger partial charge on any atom is 0.338 e. The number of nitro benzene ring substituents is 2. The van der Waals surface area contributed by atoms with E-state index in [1.807, 2.05) is 0 Å². The van der Waals surface area contributed by atoms with Gasteiger partial charge in [0.15, 0.2) is 0 Å². The predicted octanol–water partition coefficient (Wildman–Crippen LogP) is 2.01. The lowest BCUT2D eigenvalue weighted by Gasteiger charge is -2.17. The summed E-state index contributed by atoms with van der Waals surface area (Å²) in [6, 6.07) is 5.15. The molecule has 2 aromatic carbocycles. The highest BCUT2D eigenvalue weighted by molar-refractivity contribution is 5.99. The van der Waals surface area contributed by atoms with Gasteiger partial charge in [-0.1, -0.05) is 12.1 Å². The number of benzene rings is 2. The number of rotatable bonds is 8. The predicted molar refractivity (Wildman–Crippen MR) is 93.6 cm³/mol. The smallest absolute Gasteiger partial charge is 0.338 e. The van der Waals surface area contributed by atoms with E-state index in [2.05, 4.69) is 5.32 Å². The Morgan fingerprint density at radius 3 is 2.11 bits per heavy atom. The van der Waals surface area contributed by atoms with Gasteiger partial charge >= 0.3 is 11.9 Å². The minimum Gasteiger partial charge on any atom is -0.508 e. The zero-order chi connectivity index (χ0) is 21.0. The van der Waals surface area contributed by atoms with Gasteiger partial charge in [-0.25, -0.2) is 9.59 Å². The first-order chi connectivity index (χ1) is 13.1. The van der Waals surface area contributed by atoms with Gasteiger partial charge in [-0.3, -0.25) is 20.2 Å². The molecule has 0 aliphatic carbocycles. The number of carboxylic acids is 2. The van der Waals surface area contributed by atoms with Crippen molar-refractivity contribution in [3.63, 3.8) is 0 Å². The number of nitrogens with one attached hydrogen (secondary N) is 1. The molecule has 0 saturated heterocycles. The Kier molecular flexibility index (Phi) is 5.73. The van der Waals surface area contributed by atoms with E-state index in [9.17, 15) is 45.1 Å². The van der Waals surface area contributed by atoms with Crippen molar-refractivity contribution in [3.8, 4) is 5.75 Å². The highest BCUT2D eigenvalue weighted by Gasteiger charge is 2.30. The number of hydrogen-bond donors (Lipinski definition) is 4. The summed E-state index contributed by atoms with van der Waals surface area (Å²) in [5, 5.41) is 52.5. The fraction of sp³-hybridized carbons (Fsp3) is 0.125. The molecular weight excluding hydrogens is 378 g/mol. The van der Waals surface area contributed by atoms with Crippen LogP contribution in [0.1, 0.15) is 15.9 Å². The van der Waals surface area contributed by atoms with Gasteiger partial charge in [-0.15, -0.1) is 0 Å². The molecule has 0 aliphatic heterocycles. The third kappa shape index (κ3) is 4.49. The fourth-order valence-electron chi connectivity index (χ4n) is 2.42. The molecule has 0 bridgehead atoms. The summed E-state index contributed by atoms with van der Waals surface area (Å²) >= 11 is 0. The van der Waals surface area contributed by atoms with Crippen LogP contribution in [0.2, 0.25) is 0 Å². The quantitative estimate of drug-likeness (QED) is 0.382. The van der Waals surface area contributed by atoms with Crippen LogP contribution in [-0.4, -0.2) is 43.1 Å². The van der Waals surface area contributed by atoms with E-state index in [-0.39, 0.29) is 12.2 Å².